The van der Waals surface area contributed by atoms with Crippen LogP contribution in [0.25, 0.3) is 0 Å². The molecule has 3 heterocycles. The molecule has 3 atom stereocenters. The number of hydrogen-bond acceptors (Lipinski definition) is 7. The fraction of sp³-hybridized carbons (Fsp3) is 0.565. The van der Waals surface area contributed by atoms with E-state index in [1.54, 1.807) is 20.8 Å². The quantitative estimate of drug-likeness (QED) is 0.674. The molecule has 0 radical (unpaired) electrons. The first kappa shape index (κ1) is 25.5. The Balaban J connectivity index is 1.58. The summed E-state index contributed by atoms with van der Waals surface area (Å²) in [5.74, 6) is -1.10. The largest absolute Gasteiger partial charge is 0.444 e. The molecule has 1 N–H and O–H groups in total. The minimum atomic E-state index is -3.46. The number of likely N-dealkylation sites (N-methyl/N-ethyl adjacent to an activating group) is 1. The van der Waals surface area contributed by atoms with Crippen molar-refractivity contribution < 1.29 is 26.7 Å². The van der Waals surface area contributed by atoms with Gasteiger partial charge in [0.25, 0.3) is 10.0 Å². The highest BCUT2D eigenvalue weighted by molar-refractivity contribution is 7.89. The Morgan fingerprint density at radius 2 is 1.94 bits per heavy atom. The maximum atomic E-state index is 14.8. The molecule has 1 fully saturated rings. The molecule has 4 rings (SSSR count). The highest BCUT2D eigenvalue weighted by Crippen LogP contribution is 2.36. The number of ether oxygens (including phenoxy) is 1. The van der Waals surface area contributed by atoms with Crippen LogP contribution in [0.1, 0.15) is 50.1 Å². The fourth-order valence-corrected chi connectivity index (χ4v) is 5.45. The van der Waals surface area contributed by atoms with E-state index in [2.05, 4.69) is 15.3 Å². The summed E-state index contributed by atoms with van der Waals surface area (Å²) in [6.07, 6.45) is 2.45. The molecule has 1 saturated heterocycles. The van der Waals surface area contributed by atoms with Crippen LogP contribution in [0.4, 0.5) is 13.6 Å². The number of amides is 1. The molecule has 1 aromatic heterocycles. The van der Waals surface area contributed by atoms with Crippen molar-refractivity contribution in [3.63, 3.8) is 0 Å². The van der Waals surface area contributed by atoms with Gasteiger partial charge in [0.2, 0.25) is 0 Å². The third kappa shape index (κ3) is 5.65. The maximum absolute atomic E-state index is 14.8. The van der Waals surface area contributed by atoms with Gasteiger partial charge in [-0.25, -0.2) is 22.0 Å². The number of aromatic nitrogens is 2. The van der Waals surface area contributed by atoms with Gasteiger partial charge in [0.1, 0.15) is 17.2 Å². The van der Waals surface area contributed by atoms with E-state index in [1.165, 1.54) is 12.3 Å². The van der Waals surface area contributed by atoms with Crippen LogP contribution in [-0.2, 0) is 27.8 Å². The summed E-state index contributed by atoms with van der Waals surface area (Å²) in [5.41, 5.74) is 0.967. The lowest BCUT2D eigenvalue weighted by atomic mass is 9.87. The van der Waals surface area contributed by atoms with Crippen LogP contribution in [0.5, 0.6) is 0 Å². The molecular formula is C23H31F2N5O4S. The Bertz CT molecular complexity index is 1200. The highest BCUT2D eigenvalue weighted by atomic mass is 32.2. The normalized spacial score (nSPS) is 23.8. The molecule has 2 aliphatic heterocycles. The van der Waals surface area contributed by atoms with Crippen molar-refractivity contribution in [1.82, 2.24) is 24.3 Å². The fourth-order valence-electron chi connectivity index (χ4n) is 4.89. The summed E-state index contributed by atoms with van der Waals surface area (Å²) in [4.78, 5) is 16.7. The molecule has 0 saturated carbocycles. The van der Waals surface area contributed by atoms with Crippen LogP contribution >= 0.6 is 0 Å². The molecule has 0 aliphatic carbocycles. The zero-order valence-corrected chi connectivity index (χ0v) is 21.3. The molecule has 0 bridgehead atoms. The van der Waals surface area contributed by atoms with Crippen molar-refractivity contribution in [2.24, 2.45) is 0 Å². The summed E-state index contributed by atoms with van der Waals surface area (Å²) in [6, 6.07) is 2.11. The van der Waals surface area contributed by atoms with E-state index in [4.69, 9.17) is 4.74 Å². The van der Waals surface area contributed by atoms with Gasteiger partial charge < -0.3 is 10.1 Å². The van der Waals surface area contributed by atoms with Gasteiger partial charge in [-0.3, -0.25) is 9.80 Å². The number of halogens is 2. The SMILES string of the molecule is CN1C[C@H](N2Cc3cn(S(C)(=O)=O)nc3C2)C[C@H](NC(=O)OC(C)(C)C)[C@H]1c1cc(F)ccc1F. The lowest BCUT2D eigenvalue weighted by molar-refractivity contribution is 0.0257. The van der Waals surface area contributed by atoms with Crippen molar-refractivity contribution in [2.45, 2.75) is 64.0 Å². The van der Waals surface area contributed by atoms with E-state index >= 15 is 0 Å². The first-order chi connectivity index (χ1) is 16.2. The lowest BCUT2D eigenvalue weighted by Gasteiger charge is -2.46. The average molecular weight is 512 g/mol. The Hall–Kier alpha value is -2.57. The molecule has 9 nitrogen and oxygen atoms in total. The number of carbonyl (C=O) groups is 1. The third-order valence-electron chi connectivity index (χ3n) is 6.30. The highest BCUT2D eigenvalue weighted by Gasteiger charge is 2.42. The topological polar surface area (TPSA) is 96.8 Å². The second-order valence-electron chi connectivity index (χ2n) is 10.3. The summed E-state index contributed by atoms with van der Waals surface area (Å²) in [7, 11) is -1.65. The zero-order valence-electron chi connectivity index (χ0n) is 20.5. The Labute approximate surface area is 204 Å². The van der Waals surface area contributed by atoms with Crippen LogP contribution in [0, 0.1) is 11.6 Å². The van der Waals surface area contributed by atoms with E-state index in [-0.39, 0.29) is 11.6 Å². The average Bonchev–Trinajstić information content (AvgIpc) is 3.28. The van der Waals surface area contributed by atoms with Gasteiger partial charge in [-0.15, -0.1) is 0 Å². The van der Waals surface area contributed by atoms with E-state index in [1.807, 2.05) is 11.9 Å². The predicted octanol–water partition coefficient (Wildman–Crippen LogP) is 2.62. The Morgan fingerprint density at radius 3 is 2.57 bits per heavy atom. The number of likely N-dealkylation sites (tertiary alicyclic amines) is 1. The van der Waals surface area contributed by atoms with Crippen molar-refractivity contribution in [3.05, 3.63) is 52.9 Å². The van der Waals surface area contributed by atoms with E-state index in [9.17, 15) is 22.0 Å². The summed E-state index contributed by atoms with van der Waals surface area (Å²) >= 11 is 0. The molecule has 2 aliphatic rings. The first-order valence-corrected chi connectivity index (χ1v) is 13.2. The number of fused-ring (bicyclic) bond motifs is 1. The third-order valence-corrected chi connectivity index (χ3v) is 7.16. The second kappa shape index (κ2) is 9.14. The number of alkyl carbamates (subject to hydrolysis) is 1. The van der Waals surface area contributed by atoms with Gasteiger partial charge in [0, 0.05) is 43.0 Å². The molecule has 0 unspecified atom stereocenters. The smallest absolute Gasteiger partial charge is 0.407 e. The summed E-state index contributed by atoms with van der Waals surface area (Å²) in [6.45, 7) is 6.75. The minimum absolute atomic E-state index is 0.0475. The molecule has 12 heteroatoms. The predicted molar refractivity (Wildman–Crippen MR) is 125 cm³/mol. The van der Waals surface area contributed by atoms with Crippen molar-refractivity contribution in [2.75, 3.05) is 19.8 Å². The number of nitrogens with zero attached hydrogens (tertiary/aromatic N) is 4. The molecular weight excluding hydrogens is 480 g/mol. The summed E-state index contributed by atoms with van der Waals surface area (Å²) < 4.78 is 58.8. The molecule has 2 aromatic rings. The standard InChI is InChI=1S/C23H31F2N5O4S/c1-23(2,3)34-22(31)26-19-9-16(12-28(4)21(19)17-8-15(24)6-7-18(17)25)29-10-14-11-30(35(5,32)33)27-20(14)13-29/h6-8,11,16,19,21H,9-10,12-13H2,1-5H3,(H,26,31)/t16-,19+,21-/m1/s1. The van der Waals surface area contributed by atoms with E-state index in [0.29, 0.717) is 31.7 Å². The van der Waals surface area contributed by atoms with E-state index < -0.39 is 45.4 Å². The summed E-state index contributed by atoms with van der Waals surface area (Å²) in [5, 5.41) is 7.09. The monoisotopic (exact) mass is 511 g/mol. The van der Waals surface area contributed by atoms with Gasteiger partial charge in [0.15, 0.2) is 0 Å². The molecule has 1 amide bonds. The Morgan fingerprint density at radius 1 is 1.23 bits per heavy atom. The number of piperidine rings is 1. The van der Waals surface area contributed by atoms with Crippen LogP contribution in [0.2, 0.25) is 0 Å². The number of nitrogens with one attached hydrogen (secondary N) is 1. The van der Waals surface area contributed by atoms with Crippen LogP contribution in [0.15, 0.2) is 24.4 Å². The Kier molecular flexibility index (Phi) is 6.66. The van der Waals surface area contributed by atoms with Gasteiger partial charge in [-0.05, 0) is 52.4 Å². The van der Waals surface area contributed by atoms with Gasteiger partial charge >= 0.3 is 6.09 Å². The lowest BCUT2D eigenvalue weighted by Crippen LogP contribution is -2.57. The minimum Gasteiger partial charge on any atom is -0.444 e. The van der Waals surface area contributed by atoms with Crippen molar-refractivity contribution in [1.29, 1.82) is 0 Å². The van der Waals surface area contributed by atoms with Gasteiger partial charge in [-0.1, -0.05) is 0 Å². The zero-order chi connectivity index (χ0) is 25.7. The van der Waals surface area contributed by atoms with Crippen molar-refractivity contribution >= 4 is 16.1 Å². The van der Waals surface area contributed by atoms with Crippen LogP contribution < -0.4 is 5.32 Å². The van der Waals surface area contributed by atoms with Crippen LogP contribution in [0.3, 0.4) is 0 Å². The first-order valence-electron chi connectivity index (χ1n) is 11.4. The number of carbonyl (C=O) groups excluding carboxylic acids is 1. The maximum Gasteiger partial charge on any atom is 0.407 e. The second-order valence-corrected chi connectivity index (χ2v) is 12.2. The number of benzene rings is 1. The van der Waals surface area contributed by atoms with Crippen LogP contribution in [-0.4, -0.2) is 71.0 Å². The van der Waals surface area contributed by atoms with Gasteiger partial charge in [0.05, 0.1) is 24.0 Å². The molecule has 1 aromatic carbocycles. The molecule has 0 spiro atoms. The molecule has 35 heavy (non-hydrogen) atoms. The number of hydrogen-bond donors (Lipinski definition) is 1. The van der Waals surface area contributed by atoms with E-state index in [0.717, 1.165) is 28.0 Å². The number of rotatable bonds is 4. The van der Waals surface area contributed by atoms with Crippen molar-refractivity contribution in [3.8, 4) is 0 Å². The van der Waals surface area contributed by atoms with Gasteiger partial charge in [-0.2, -0.15) is 9.19 Å². The molecule has 192 valence electrons.